The van der Waals surface area contributed by atoms with E-state index >= 15 is 0 Å². The number of alkyl halides is 3. The molecule has 0 aromatic rings. The third-order valence-electron chi connectivity index (χ3n) is 3.64. The summed E-state index contributed by atoms with van der Waals surface area (Å²) in [4.78, 5) is 23.2. The quantitative estimate of drug-likeness (QED) is 0.757. The second-order valence-electron chi connectivity index (χ2n) is 4.56. The number of carboxylic acids is 1. The molecular formula is C10H12F3NO4. The van der Waals surface area contributed by atoms with Crippen molar-refractivity contribution in [3.05, 3.63) is 0 Å². The normalized spacial score (nSPS) is 32.2. The van der Waals surface area contributed by atoms with Gasteiger partial charge in [0, 0.05) is 13.2 Å². The fraction of sp³-hybridized carbons (Fsp3) is 0.800. The highest BCUT2D eigenvalue weighted by Crippen LogP contribution is 2.43. The molecule has 2 fully saturated rings. The van der Waals surface area contributed by atoms with Crippen LogP contribution < -0.4 is 0 Å². The SMILES string of the molecule is O=C(N1CC[C@]2(C(=O)O)COCC[C@H]12)C(F)(F)F. The fourth-order valence-electron chi connectivity index (χ4n) is 2.71. The Balaban J connectivity index is 2.27. The van der Waals surface area contributed by atoms with E-state index in [-0.39, 0.29) is 32.6 Å². The molecule has 8 heteroatoms. The smallest absolute Gasteiger partial charge is 0.471 e. The van der Waals surface area contributed by atoms with Crippen LogP contribution in [-0.4, -0.2) is 53.9 Å². The topological polar surface area (TPSA) is 66.8 Å². The molecule has 2 atom stereocenters. The summed E-state index contributed by atoms with van der Waals surface area (Å²) in [6.45, 7) is -0.172. The maximum Gasteiger partial charge on any atom is 0.471 e. The number of likely N-dealkylation sites (tertiary alicyclic amines) is 1. The monoisotopic (exact) mass is 267 g/mol. The van der Waals surface area contributed by atoms with Gasteiger partial charge in [-0.2, -0.15) is 13.2 Å². The highest BCUT2D eigenvalue weighted by atomic mass is 19.4. The summed E-state index contributed by atoms with van der Waals surface area (Å²) >= 11 is 0. The molecule has 2 heterocycles. The molecule has 2 saturated heterocycles. The number of carbonyl (C=O) groups excluding carboxylic acids is 1. The number of fused-ring (bicyclic) bond motifs is 1. The number of aliphatic carboxylic acids is 1. The summed E-state index contributed by atoms with van der Waals surface area (Å²) in [6, 6.07) is -0.933. The van der Waals surface area contributed by atoms with Crippen molar-refractivity contribution < 1.29 is 32.6 Å². The lowest BCUT2D eigenvalue weighted by molar-refractivity contribution is -0.190. The Hall–Kier alpha value is -1.31. The van der Waals surface area contributed by atoms with Crippen molar-refractivity contribution in [2.24, 2.45) is 5.41 Å². The molecule has 0 saturated carbocycles. The van der Waals surface area contributed by atoms with Gasteiger partial charge in [-0.1, -0.05) is 0 Å². The number of hydrogen-bond donors (Lipinski definition) is 1. The van der Waals surface area contributed by atoms with E-state index in [0.717, 1.165) is 0 Å². The van der Waals surface area contributed by atoms with Crippen molar-refractivity contribution in [1.29, 1.82) is 0 Å². The Morgan fingerprint density at radius 2 is 2.06 bits per heavy atom. The number of nitrogens with zero attached hydrogens (tertiary/aromatic N) is 1. The van der Waals surface area contributed by atoms with Gasteiger partial charge in [0.05, 0.1) is 12.6 Å². The summed E-state index contributed by atoms with van der Waals surface area (Å²) in [5, 5.41) is 9.20. The van der Waals surface area contributed by atoms with Gasteiger partial charge in [-0.3, -0.25) is 9.59 Å². The van der Waals surface area contributed by atoms with E-state index in [1.165, 1.54) is 0 Å². The number of hydrogen-bond acceptors (Lipinski definition) is 3. The molecule has 2 aliphatic heterocycles. The molecule has 0 bridgehead atoms. The summed E-state index contributed by atoms with van der Waals surface area (Å²) < 4.78 is 42.3. The highest BCUT2D eigenvalue weighted by molar-refractivity contribution is 5.85. The number of carbonyl (C=O) groups is 2. The van der Waals surface area contributed by atoms with Crippen LogP contribution in [0.25, 0.3) is 0 Å². The Kier molecular flexibility index (Phi) is 3.00. The van der Waals surface area contributed by atoms with E-state index in [2.05, 4.69) is 0 Å². The minimum Gasteiger partial charge on any atom is -0.481 e. The van der Waals surface area contributed by atoms with Gasteiger partial charge in [-0.25, -0.2) is 0 Å². The van der Waals surface area contributed by atoms with E-state index in [1.54, 1.807) is 0 Å². The molecule has 0 aromatic carbocycles. The Morgan fingerprint density at radius 3 is 2.61 bits per heavy atom. The third kappa shape index (κ3) is 1.84. The number of carboxylic acid groups (broad SMARTS) is 1. The van der Waals surface area contributed by atoms with Crippen molar-refractivity contribution in [3.63, 3.8) is 0 Å². The molecule has 1 N–H and O–H groups in total. The van der Waals surface area contributed by atoms with E-state index in [1.807, 2.05) is 0 Å². The Bertz CT molecular complexity index is 384. The third-order valence-corrected chi connectivity index (χ3v) is 3.64. The van der Waals surface area contributed by atoms with E-state index in [9.17, 15) is 27.9 Å². The van der Waals surface area contributed by atoms with Crippen molar-refractivity contribution in [2.75, 3.05) is 19.8 Å². The van der Waals surface area contributed by atoms with Crippen LogP contribution in [0.15, 0.2) is 0 Å². The molecule has 0 radical (unpaired) electrons. The standard InChI is InChI=1S/C10H12F3NO4/c11-10(12,13)7(15)14-3-2-9(8(16)17)5-18-4-1-6(9)14/h6H,1-5H2,(H,16,17)/t6-,9-/m0/s1. The lowest BCUT2D eigenvalue weighted by Gasteiger charge is -2.38. The summed E-state index contributed by atoms with van der Waals surface area (Å²) in [5.41, 5.74) is -1.39. The molecular weight excluding hydrogens is 255 g/mol. The molecule has 0 spiro atoms. The fourth-order valence-corrected chi connectivity index (χ4v) is 2.71. The van der Waals surface area contributed by atoms with Crippen LogP contribution in [0.2, 0.25) is 0 Å². The van der Waals surface area contributed by atoms with Gasteiger partial charge in [0.1, 0.15) is 5.41 Å². The lowest BCUT2D eigenvalue weighted by Crippen LogP contribution is -2.54. The summed E-state index contributed by atoms with van der Waals surface area (Å²) in [6.07, 6.45) is -4.85. The number of ether oxygens (including phenoxy) is 1. The second kappa shape index (κ2) is 4.11. The first-order chi connectivity index (χ1) is 8.29. The Morgan fingerprint density at radius 1 is 1.39 bits per heavy atom. The van der Waals surface area contributed by atoms with Crippen LogP contribution in [0.1, 0.15) is 12.8 Å². The van der Waals surface area contributed by atoms with E-state index in [0.29, 0.717) is 4.90 Å². The van der Waals surface area contributed by atoms with Crippen LogP contribution in [0, 0.1) is 5.41 Å². The Labute approximate surface area is 100 Å². The maximum atomic E-state index is 12.4. The molecule has 2 rings (SSSR count). The lowest BCUT2D eigenvalue weighted by atomic mass is 9.78. The number of rotatable bonds is 1. The van der Waals surface area contributed by atoms with Gasteiger partial charge in [0.2, 0.25) is 0 Å². The molecule has 102 valence electrons. The average Bonchev–Trinajstić information content (AvgIpc) is 2.67. The minimum atomic E-state index is -4.97. The van der Waals surface area contributed by atoms with Crippen molar-refractivity contribution in [3.8, 4) is 0 Å². The summed E-state index contributed by atoms with van der Waals surface area (Å²) in [7, 11) is 0. The largest absolute Gasteiger partial charge is 0.481 e. The van der Waals surface area contributed by atoms with Crippen LogP contribution in [0.5, 0.6) is 0 Å². The zero-order chi connectivity index (χ0) is 13.6. The molecule has 0 aliphatic carbocycles. The van der Waals surface area contributed by atoms with Gasteiger partial charge < -0.3 is 14.7 Å². The van der Waals surface area contributed by atoms with Crippen molar-refractivity contribution in [1.82, 2.24) is 4.90 Å². The van der Waals surface area contributed by atoms with Gasteiger partial charge >= 0.3 is 18.1 Å². The highest BCUT2D eigenvalue weighted by Gasteiger charge is 2.59. The zero-order valence-corrected chi connectivity index (χ0v) is 9.37. The van der Waals surface area contributed by atoms with Gasteiger partial charge in [0.15, 0.2) is 0 Å². The molecule has 1 amide bonds. The maximum absolute atomic E-state index is 12.4. The molecule has 0 aromatic heterocycles. The van der Waals surface area contributed by atoms with Crippen LogP contribution in [0.3, 0.4) is 0 Å². The van der Waals surface area contributed by atoms with Gasteiger partial charge in [0.25, 0.3) is 0 Å². The first kappa shape index (κ1) is 13.1. The van der Waals surface area contributed by atoms with Crippen LogP contribution in [0.4, 0.5) is 13.2 Å². The van der Waals surface area contributed by atoms with Crippen molar-refractivity contribution >= 4 is 11.9 Å². The predicted molar refractivity (Wildman–Crippen MR) is 51.7 cm³/mol. The first-order valence-corrected chi connectivity index (χ1v) is 5.48. The second-order valence-corrected chi connectivity index (χ2v) is 4.56. The predicted octanol–water partition coefficient (Wildman–Crippen LogP) is 0.641. The van der Waals surface area contributed by atoms with E-state index in [4.69, 9.17) is 4.74 Å². The number of amides is 1. The molecule has 2 aliphatic rings. The molecule has 18 heavy (non-hydrogen) atoms. The van der Waals surface area contributed by atoms with Gasteiger partial charge in [-0.05, 0) is 12.8 Å². The summed E-state index contributed by atoms with van der Waals surface area (Å²) in [5.74, 6) is -3.16. The number of halogens is 3. The van der Waals surface area contributed by atoms with Crippen LogP contribution in [-0.2, 0) is 14.3 Å². The average molecular weight is 267 g/mol. The van der Waals surface area contributed by atoms with Crippen molar-refractivity contribution in [2.45, 2.75) is 25.1 Å². The molecule has 5 nitrogen and oxygen atoms in total. The van der Waals surface area contributed by atoms with E-state index < -0.39 is 29.5 Å². The molecule has 0 unspecified atom stereocenters. The first-order valence-electron chi connectivity index (χ1n) is 5.48. The van der Waals surface area contributed by atoms with Crippen LogP contribution >= 0.6 is 0 Å². The van der Waals surface area contributed by atoms with Gasteiger partial charge in [-0.15, -0.1) is 0 Å². The minimum absolute atomic E-state index is 0.00514. The zero-order valence-electron chi connectivity index (χ0n) is 9.37.